The lowest BCUT2D eigenvalue weighted by molar-refractivity contribution is -0.574. The molecule has 4 N–H and O–H groups in total. The van der Waals surface area contributed by atoms with Crippen LogP contribution in [-0.4, -0.2) is 63.0 Å². The van der Waals surface area contributed by atoms with E-state index in [0.29, 0.717) is 37.8 Å². The fraction of sp³-hybridized carbons (Fsp3) is 0.259. The molecule has 2 aliphatic rings. The molecule has 12 heteroatoms. The number of quaternary nitrogens is 1. The van der Waals surface area contributed by atoms with Crippen molar-refractivity contribution in [3.8, 4) is 5.75 Å². The van der Waals surface area contributed by atoms with E-state index in [0.717, 1.165) is 11.6 Å². The number of amides is 1. The number of benzene rings is 1. The molecule has 39 heavy (non-hydrogen) atoms. The summed E-state index contributed by atoms with van der Waals surface area (Å²) in [7, 11) is 0. The Morgan fingerprint density at radius 2 is 1.95 bits per heavy atom. The molecular weight excluding hydrogens is 518 g/mol. The maximum absolute atomic E-state index is 13.3. The highest BCUT2D eigenvalue weighted by Gasteiger charge is 2.30. The Labute approximate surface area is 228 Å². The van der Waals surface area contributed by atoms with Gasteiger partial charge in [0.25, 0.3) is 22.9 Å². The highest BCUT2D eigenvalue weighted by Crippen LogP contribution is 2.29. The summed E-state index contributed by atoms with van der Waals surface area (Å²) in [4.78, 5) is 21.5. The lowest BCUT2D eigenvalue weighted by Crippen LogP contribution is -2.90. The zero-order valence-electron chi connectivity index (χ0n) is 21.7. The van der Waals surface area contributed by atoms with E-state index in [4.69, 9.17) is 4.42 Å². The van der Waals surface area contributed by atoms with E-state index in [9.17, 15) is 14.1 Å². The quantitative estimate of drug-likeness (QED) is 0.317. The molecule has 3 aromatic rings. The standard InChI is InChI=1S/C27H29N7O4S/c1-3-7-20(22-12-11-18(2)38-22)29-25-26(32-39(37)31-25)30-21-9-6-8-19(24(21)35)27(36)34-16-14-33(15-17-34)23-10-4-5-13-28-23/h3-13,20,35H,14-17H2,1-2H3,(H,29,31)(H,30,32)/p+1. The van der Waals surface area contributed by atoms with Crippen molar-refractivity contribution in [1.29, 1.82) is 0 Å². The summed E-state index contributed by atoms with van der Waals surface area (Å²) in [6, 6.07) is 14.2. The molecule has 4 heterocycles. The number of para-hydroxylation sites is 1. The third-order valence-electron chi connectivity index (χ3n) is 6.47. The second-order valence-electron chi connectivity index (χ2n) is 9.11. The minimum atomic E-state index is -1.81. The van der Waals surface area contributed by atoms with Gasteiger partial charge in [0.15, 0.2) is 17.6 Å². The van der Waals surface area contributed by atoms with Gasteiger partial charge in [-0.2, -0.15) is 0 Å². The molecule has 5 rings (SSSR count). The minimum Gasteiger partial charge on any atom is -0.505 e. The number of phenolic OH excluding ortho intramolecular Hbond substituents is 1. The number of furan rings is 1. The number of pyridine rings is 1. The summed E-state index contributed by atoms with van der Waals surface area (Å²) in [6.07, 6.45) is 5.58. The first-order chi connectivity index (χ1) is 18.9. The van der Waals surface area contributed by atoms with Crippen LogP contribution in [0.1, 0.15) is 34.8 Å². The number of nitrogens with zero attached hydrogens (tertiary/aromatic N) is 5. The fourth-order valence-corrected chi connectivity index (χ4v) is 5.16. The highest BCUT2D eigenvalue weighted by molar-refractivity contribution is 7.83. The molecule has 2 aliphatic heterocycles. The van der Waals surface area contributed by atoms with Crippen LogP contribution in [0.5, 0.6) is 5.75 Å². The number of nitrogens with two attached hydrogens (primary N) is 1. The molecule has 1 amide bonds. The number of hydrogen-bond acceptors (Lipinski definition) is 7. The number of carbonyl (C=O) groups is 1. The molecule has 0 radical (unpaired) electrons. The summed E-state index contributed by atoms with van der Waals surface area (Å²) in [5, 5.41) is 15.9. The van der Waals surface area contributed by atoms with E-state index in [1.807, 2.05) is 56.3 Å². The van der Waals surface area contributed by atoms with Crippen molar-refractivity contribution >= 4 is 40.3 Å². The van der Waals surface area contributed by atoms with Gasteiger partial charge in [-0.15, -0.1) is 8.80 Å². The van der Waals surface area contributed by atoms with Crippen molar-refractivity contribution in [3.05, 3.63) is 84.0 Å². The number of aromatic hydroxyl groups is 1. The number of phenols is 1. The van der Waals surface area contributed by atoms with Crippen molar-refractivity contribution in [1.82, 2.24) is 9.88 Å². The summed E-state index contributed by atoms with van der Waals surface area (Å²) in [6.45, 7) is 6.05. The van der Waals surface area contributed by atoms with Crippen LogP contribution in [0.2, 0.25) is 0 Å². The lowest BCUT2D eigenvalue weighted by atomic mass is 10.1. The lowest BCUT2D eigenvalue weighted by Gasteiger charge is -2.35. The van der Waals surface area contributed by atoms with Crippen LogP contribution in [0.3, 0.4) is 0 Å². The summed E-state index contributed by atoms with van der Waals surface area (Å²) in [5.41, 5.74) is 0.439. The molecule has 1 saturated heterocycles. The Morgan fingerprint density at radius 1 is 1.13 bits per heavy atom. The van der Waals surface area contributed by atoms with Gasteiger partial charge < -0.3 is 24.6 Å². The van der Waals surface area contributed by atoms with Gasteiger partial charge in [-0.05, 0) is 56.3 Å². The van der Waals surface area contributed by atoms with Gasteiger partial charge in [-0.1, -0.05) is 18.2 Å². The predicted octanol–water partition coefficient (Wildman–Crippen LogP) is 2.33. The first-order valence-electron chi connectivity index (χ1n) is 12.6. The van der Waals surface area contributed by atoms with E-state index in [-0.39, 0.29) is 34.8 Å². The average molecular weight is 549 g/mol. The van der Waals surface area contributed by atoms with Crippen LogP contribution < -0.4 is 15.5 Å². The van der Waals surface area contributed by atoms with Gasteiger partial charge in [-0.3, -0.25) is 10.1 Å². The fourth-order valence-electron chi connectivity index (χ4n) is 4.51. The summed E-state index contributed by atoms with van der Waals surface area (Å²) < 4.78 is 26.2. The zero-order valence-corrected chi connectivity index (χ0v) is 22.5. The second kappa shape index (κ2) is 11.6. The second-order valence-corrected chi connectivity index (χ2v) is 9.93. The smallest absolute Gasteiger partial charge is 0.280 e. The van der Waals surface area contributed by atoms with Gasteiger partial charge >= 0.3 is 0 Å². The van der Waals surface area contributed by atoms with E-state index in [1.54, 1.807) is 34.6 Å². The van der Waals surface area contributed by atoms with Gasteiger partial charge in [0.2, 0.25) is 5.84 Å². The van der Waals surface area contributed by atoms with Crippen molar-refractivity contribution in [2.75, 3.05) is 36.4 Å². The Hall–Kier alpha value is -4.29. The molecule has 1 fully saturated rings. The molecule has 2 unspecified atom stereocenters. The van der Waals surface area contributed by atoms with Crippen LogP contribution in [0, 0.1) is 6.92 Å². The van der Waals surface area contributed by atoms with Crippen molar-refractivity contribution in [2.45, 2.75) is 19.9 Å². The summed E-state index contributed by atoms with van der Waals surface area (Å²) >= 11 is -1.81. The first kappa shape index (κ1) is 26.3. The normalized spacial score (nSPS) is 18.3. The van der Waals surface area contributed by atoms with E-state index < -0.39 is 11.2 Å². The van der Waals surface area contributed by atoms with Gasteiger partial charge in [0.05, 0.1) is 11.3 Å². The maximum Gasteiger partial charge on any atom is 0.280 e. The third-order valence-corrected chi connectivity index (χ3v) is 7.17. The van der Waals surface area contributed by atoms with E-state index in [2.05, 4.69) is 24.0 Å². The monoisotopic (exact) mass is 548 g/mol. The molecule has 0 saturated carbocycles. The van der Waals surface area contributed by atoms with Crippen molar-refractivity contribution in [3.63, 3.8) is 0 Å². The topological polar surface area (TPSA) is 140 Å². The Balaban J connectivity index is 1.29. The molecular formula is C27H30N7O4S+. The van der Waals surface area contributed by atoms with Crippen LogP contribution in [-0.2, 0) is 11.2 Å². The van der Waals surface area contributed by atoms with Crippen LogP contribution in [0.25, 0.3) is 0 Å². The number of carbonyl (C=O) groups excluding carboxylic acids is 1. The number of amidine groups is 2. The van der Waals surface area contributed by atoms with E-state index in [1.165, 1.54) is 0 Å². The molecule has 2 atom stereocenters. The van der Waals surface area contributed by atoms with Crippen molar-refractivity contribution < 1.29 is 23.8 Å². The van der Waals surface area contributed by atoms with Crippen LogP contribution in [0.4, 0.5) is 11.5 Å². The minimum absolute atomic E-state index is 0.173. The Kier molecular flexibility index (Phi) is 7.84. The van der Waals surface area contributed by atoms with Gasteiger partial charge in [0, 0.05) is 32.4 Å². The SMILES string of the molecule is CC=CC([NH2+]C1=NS(=O)N=C1Nc1cccc(C(=O)N2CCN(c3ccccn3)CC2)c1O)c1ccc(C)o1. The highest BCUT2D eigenvalue weighted by atomic mass is 32.2. The molecule has 202 valence electrons. The third kappa shape index (κ3) is 5.91. The molecule has 0 aliphatic carbocycles. The number of aryl methyl sites for hydroxylation is 1. The van der Waals surface area contributed by atoms with Gasteiger partial charge in [-0.25, -0.2) is 9.19 Å². The largest absolute Gasteiger partial charge is 0.505 e. The number of allylic oxidation sites excluding steroid dienone is 1. The average Bonchev–Trinajstić information content (AvgIpc) is 3.54. The maximum atomic E-state index is 13.3. The number of nitrogens with one attached hydrogen (secondary N) is 1. The van der Waals surface area contributed by atoms with Crippen LogP contribution >= 0.6 is 0 Å². The summed E-state index contributed by atoms with van der Waals surface area (Å²) in [5.74, 6) is 2.49. The van der Waals surface area contributed by atoms with Crippen LogP contribution in [0.15, 0.2) is 80.1 Å². The number of rotatable bonds is 6. The molecule has 0 spiro atoms. The Morgan fingerprint density at radius 3 is 2.64 bits per heavy atom. The zero-order chi connectivity index (χ0) is 27.4. The van der Waals surface area contributed by atoms with E-state index >= 15 is 0 Å². The number of piperazine rings is 1. The van der Waals surface area contributed by atoms with Crippen molar-refractivity contribution in [2.24, 2.45) is 8.80 Å². The van der Waals surface area contributed by atoms with Gasteiger partial charge in [0.1, 0.15) is 11.6 Å². The number of aromatic nitrogens is 1. The first-order valence-corrected chi connectivity index (χ1v) is 13.7. The predicted molar refractivity (Wildman–Crippen MR) is 150 cm³/mol. The molecule has 0 bridgehead atoms. The molecule has 11 nitrogen and oxygen atoms in total. The molecule has 2 aromatic heterocycles. The molecule has 1 aromatic carbocycles. The Bertz CT molecular complexity index is 1460. The number of anilines is 2. The number of hydrogen-bond donors (Lipinski definition) is 3.